The summed E-state index contributed by atoms with van der Waals surface area (Å²) in [5.74, 6) is -0.674. The van der Waals surface area contributed by atoms with Gasteiger partial charge in [0.05, 0.1) is 7.85 Å². The summed E-state index contributed by atoms with van der Waals surface area (Å²) in [6.45, 7) is 8.88. The molecule has 0 aromatic rings. The molecule has 1 heterocycles. The number of halogens is 2. The first kappa shape index (κ1) is 25.1. The van der Waals surface area contributed by atoms with E-state index in [-0.39, 0.29) is 30.7 Å². The molecule has 1 aliphatic carbocycles. The van der Waals surface area contributed by atoms with Crippen molar-refractivity contribution >= 4 is 38.6 Å². The molecule has 0 spiro atoms. The topological polar surface area (TPSA) is 40.5 Å². The number of carbonyl (C=O) groups is 1. The summed E-state index contributed by atoms with van der Waals surface area (Å²) in [5.41, 5.74) is 0.505. The van der Waals surface area contributed by atoms with Crippen LogP contribution in [0.15, 0.2) is 0 Å². The number of aliphatic carboxylic acids is 1. The molecular formula is C19H36BCl2NO2. The van der Waals surface area contributed by atoms with Crippen LogP contribution in [0.5, 0.6) is 0 Å². The highest BCUT2D eigenvalue weighted by atomic mass is 35.5. The molecule has 1 atom stereocenters. The zero-order valence-electron chi connectivity index (χ0n) is 16.1. The molecule has 0 amide bonds. The molecule has 146 valence electrons. The monoisotopic (exact) mass is 391 g/mol. The number of piperidine rings is 1. The van der Waals surface area contributed by atoms with Crippen LogP contribution in [0, 0.1) is 11.3 Å². The third-order valence-corrected chi connectivity index (χ3v) is 6.43. The Balaban J connectivity index is 0.00000288. The zero-order valence-corrected chi connectivity index (χ0v) is 17.8. The summed E-state index contributed by atoms with van der Waals surface area (Å²) in [7, 11) is 6.34. The smallest absolute Gasteiger partial charge is 0.300 e. The Morgan fingerprint density at radius 3 is 2.12 bits per heavy atom. The Morgan fingerprint density at radius 2 is 1.68 bits per heavy atom. The SMILES string of the molecule is Cl.Cl.[B]C(CCCC)(C(=O)O)C1CCN(C2CCC(C)(C)CC2)CC1. The summed E-state index contributed by atoms with van der Waals surface area (Å²) >= 11 is 0. The van der Waals surface area contributed by atoms with Crippen molar-refractivity contribution in [3.63, 3.8) is 0 Å². The number of nitrogens with zero attached hydrogens (tertiary/aromatic N) is 1. The van der Waals surface area contributed by atoms with Crippen LogP contribution in [0.2, 0.25) is 5.31 Å². The van der Waals surface area contributed by atoms with E-state index in [1.165, 1.54) is 25.7 Å². The second kappa shape index (κ2) is 10.4. The second-order valence-corrected chi connectivity index (χ2v) is 8.65. The van der Waals surface area contributed by atoms with Crippen LogP contribution in [0.1, 0.15) is 78.6 Å². The highest BCUT2D eigenvalue weighted by Crippen LogP contribution is 2.45. The molecule has 0 bridgehead atoms. The Bertz CT molecular complexity index is 404. The molecule has 2 aliphatic rings. The van der Waals surface area contributed by atoms with E-state index in [9.17, 15) is 9.90 Å². The van der Waals surface area contributed by atoms with Gasteiger partial charge in [-0.3, -0.25) is 4.79 Å². The lowest BCUT2D eigenvalue weighted by Gasteiger charge is -2.46. The average molecular weight is 392 g/mol. The zero-order chi connectivity index (χ0) is 17.1. The fraction of sp³-hybridized carbons (Fsp3) is 0.947. The number of likely N-dealkylation sites (tertiary alicyclic amines) is 1. The molecule has 1 saturated heterocycles. The van der Waals surface area contributed by atoms with Crippen LogP contribution in [0.3, 0.4) is 0 Å². The van der Waals surface area contributed by atoms with Crippen molar-refractivity contribution in [2.75, 3.05) is 13.1 Å². The molecular weight excluding hydrogens is 356 g/mol. The van der Waals surface area contributed by atoms with Crippen molar-refractivity contribution in [2.45, 2.75) is 89.9 Å². The fourth-order valence-electron chi connectivity index (χ4n) is 4.48. The third-order valence-electron chi connectivity index (χ3n) is 6.43. The normalized spacial score (nSPS) is 24.6. The summed E-state index contributed by atoms with van der Waals surface area (Å²) in [6, 6.07) is 0.705. The predicted molar refractivity (Wildman–Crippen MR) is 110 cm³/mol. The van der Waals surface area contributed by atoms with Gasteiger partial charge >= 0.3 is 5.97 Å². The highest BCUT2D eigenvalue weighted by molar-refractivity contribution is 6.27. The van der Waals surface area contributed by atoms with Gasteiger partial charge in [-0.1, -0.05) is 33.6 Å². The molecule has 1 N–H and O–H groups in total. The van der Waals surface area contributed by atoms with Crippen molar-refractivity contribution in [3.8, 4) is 0 Å². The Labute approximate surface area is 167 Å². The van der Waals surface area contributed by atoms with Crippen molar-refractivity contribution < 1.29 is 9.90 Å². The van der Waals surface area contributed by atoms with Gasteiger partial charge in [0.1, 0.15) is 0 Å². The fourth-order valence-corrected chi connectivity index (χ4v) is 4.48. The third kappa shape index (κ3) is 6.32. The first-order valence-corrected chi connectivity index (χ1v) is 9.55. The molecule has 2 radical (unpaired) electrons. The van der Waals surface area contributed by atoms with Crippen molar-refractivity contribution in [3.05, 3.63) is 0 Å². The standard InChI is InChI=1S/C19H34BNO2.2ClH/c1-4-5-10-19(20,17(22)23)15-8-13-21(14-9-15)16-6-11-18(2,3)12-7-16;;/h15-16H,4-14H2,1-3H3,(H,22,23);2*1H. The Kier molecular flexibility index (Phi) is 10.5. The van der Waals surface area contributed by atoms with Crippen molar-refractivity contribution in [1.29, 1.82) is 0 Å². The summed E-state index contributed by atoms with van der Waals surface area (Å²) in [6.07, 6.45) is 9.60. The first-order valence-electron chi connectivity index (χ1n) is 9.55. The summed E-state index contributed by atoms with van der Waals surface area (Å²) in [5, 5.41) is 8.63. The minimum atomic E-state index is -1.02. The van der Waals surface area contributed by atoms with Crippen LogP contribution in [-0.4, -0.2) is 43.0 Å². The van der Waals surface area contributed by atoms with Gasteiger partial charge in [-0.15, -0.1) is 24.8 Å². The number of carboxylic acids is 1. The number of rotatable bonds is 6. The molecule has 2 fully saturated rings. The van der Waals surface area contributed by atoms with Gasteiger partial charge in [-0.05, 0) is 69.4 Å². The van der Waals surface area contributed by atoms with Gasteiger partial charge in [0, 0.05) is 11.4 Å². The molecule has 2 rings (SSSR count). The second-order valence-electron chi connectivity index (χ2n) is 8.65. The number of hydrogen-bond donors (Lipinski definition) is 1. The predicted octanol–water partition coefficient (Wildman–Crippen LogP) is 5.11. The lowest BCUT2D eigenvalue weighted by atomic mass is 9.55. The van der Waals surface area contributed by atoms with Gasteiger partial charge < -0.3 is 10.0 Å². The van der Waals surface area contributed by atoms with Gasteiger partial charge in [0.2, 0.25) is 0 Å². The van der Waals surface area contributed by atoms with Gasteiger partial charge in [0.15, 0.2) is 0 Å². The maximum atomic E-state index is 11.7. The van der Waals surface area contributed by atoms with Crippen LogP contribution < -0.4 is 0 Å². The first-order chi connectivity index (χ1) is 10.8. The van der Waals surface area contributed by atoms with E-state index in [1.54, 1.807) is 0 Å². The molecule has 25 heavy (non-hydrogen) atoms. The minimum Gasteiger partial charge on any atom is -0.481 e. The summed E-state index contributed by atoms with van der Waals surface area (Å²) < 4.78 is 0. The highest BCUT2D eigenvalue weighted by Gasteiger charge is 2.42. The van der Waals surface area contributed by atoms with E-state index in [1.807, 2.05) is 0 Å². The van der Waals surface area contributed by atoms with Crippen LogP contribution >= 0.6 is 24.8 Å². The largest absolute Gasteiger partial charge is 0.481 e. The Hall–Kier alpha value is 0.0749. The van der Waals surface area contributed by atoms with Crippen LogP contribution in [0.4, 0.5) is 0 Å². The molecule has 1 unspecified atom stereocenters. The molecule has 6 heteroatoms. The minimum absolute atomic E-state index is 0. The van der Waals surface area contributed by atoms with Crippen LogP contribution in [-0.2, 0) is 4.79 Å². The molecule has 0 aromatic carbocycles. The average Bonchev–Trinajstić information content (AvgIpc) is 2.52. The molecule has 0 aromatic heterocycles. The lowest BCUT2D eigenvalue weighted by molar-refractivity contribution is -0.143. The van der Waals surface area contributed by atoms with Crippen LogP contribution in [0.25, 0.3) is 0 Å². The number of carboxylic acid groups (broad SMARTS) is 1. The molecule has 1 aliphatic heterocycles. The number of unbranched alkanes of at least 4 members (excludes halogenated alkanes) is 1. The van der Waals surface area contributed by atoms with E-state index in [0.717, 1.165) is 38.8 Å². The lowest BCUT2D eigenvalue weighted by Crippen LogP contribution is -2.47. The number of hydrogen-bond acceptors (Lipinski definition) is 2. The van der Waals surface area contributed by atoms with E-state index < -0.39 is 11.3 Å². The van der Waals surface area contributed by atoms with Gasteiger partial charge in [0.25, 0.3) is 0 Å². The van der Waals surface area contributed by atoms with E-state index in [0.29, 0.717) is 17.9 Å². The quantitative estimate of drug-likeness (QED) is 0.639. The van der Waals surface area contributed by atoms with Crippen molar-refractivity contribution in [2.24, 2.45) is 11.3 Å². The molecule has 3 nitrogen and oxygen atoms in total. The van der Waals surface area contributed by atoms with Gasteiger partial charge in [-0.25, -0.2) is 0 Å². The Morgan fingerprint density at radius 1 is 1.16 bits per heavy atom. The van der Waals surface area contributed by atoms with E-state index in [2.05, 4.69) is 25.7 Å². The van der Waals surface area contributed by atoms with E-state index in [4.69, 9.17) is 7.85 Å². The molecule has 1 saturated carbocycles. The van der Waals surface area contributed by atoms with E-state index >= 15 is 0 Å². The maximum absolute atomic E-state index is 11.7. The summed E-state index contributed by atoms with van der Waals surface area (Å²) in [4.78, 5) is 14.3. The van der Waals surface area contributed by atoms with Crippen molar-refractivity contribution in [1.82, 2.24) is 4.90 Å². The van der Waals surface area contributed by atoms with Gasteiger partial charge in [-0.2, -0.15) is 0 Å². The maximum Gasteiger partial charge on any atom is 0.300 e.